The molecule has 27 heavy (non-hydrogen) atoms. The summed E-state index contributed by atoms with van der Waals surface area (Å²) in [5.41, 5.74) is 0. The molecule has 7 nitrogen and oxygen atoms in total. The maximum atomic E-state index is 12.6. The number of sulfonamides is 1. The molecule has 1 aromatic carbocycles. The van der Waals surface area contributed by atoms with Crippen LogP contribution in [-0.2, 0) is 24.3 Å². The molecule has 150 valence electrons. The van der Waals surface area contributed by atoms with E-state index in [0.29, 0.717) is 32.1 Å². The monoisotopic (exact) mass is 397 g/mol. The SMILES string of the molecule is O=C(OCCOc1ccc(S(=O)(=O)N2CCOCC2)cc1)C1CCCCC1. The Kier molecular flexibility index (Phi) is 7.09. The molecule has 1 aliphatic carbocycles. The van der Waals surface area contributed by atoms with Crippen LogP contribution in [0, 0.1) is 5.92 Å². The molecular weight excluding hydrogens is 370 g/mol. The van der Waals surface area contributed by atoms with Crippen molar-refractivity contribution in [2.45, 2.75) is 37.0 Å². The summed E-state index contributed by atoms with van der Waals surface area (Å²) >= 11 is 0. The van der Waals surface area contributed by atoms with E-state index in [0.717, 1.165) is 25.7 Å². The van der Waals surface area contributed by atoms with Gasteiger partial charge in [0.1, 0.15) is 19.0 Å². The lowest BCUT2D eigenvalue weighted by molar-refractivity contribution is -0.150. The molecule has 2 fully saturated rings. The van der Waals surface area contributed by atoms with E-state index in [4.69, 9.17) is 14.2 Å². The Hall–Kier alpha value is -1.64. The van der Waals surface area contributed by atoms with E-state index in [1.54, 1.807) is 12.1 Å². The van der Waals surface area contributed by atoms with Gasteiger partial charge in [0.15, 0.2) is 0 Å². The lowest BCUT2D eigenvalue weighted by Gasteiger charge is -2.26. The fourth-order valence-electron chi connectivity index (χ4n) is 3.40. The Morgan fingerprint density at radius 2 is 1.70 bits per heavy atom. The highest BCUT2D eigenvalue weighted by molar-refractivity contribution is 7.89. The van der Waals surface area contributed by atoms with Gasteiger partial charge in [-0.05, 0) is 37.1 Å². The predicted molar refractivity (Wildman–Crippen MR) is 99.0 cm³/mol. The van der Waals surface area contributed by atoms with Crippen molar-refractivity contribution in [2.24, 2.45) is 5.92 Å². The zero-order valence-electron chi connectivity index (χ0n) is 15.5. The topological polar surface area (TPSA) is 82.1 Å². The minimum absolute atomic E-state index is 0.0310. The number of ether oxygens (including phenoxy) is 3. The number of benzene rings is 1. The highest BCUT2D eigenvalue weighted by atomic mass is 32.2. The Balaban J connectivity index is 1.44. The molecule has 3 rings (SSSR count). The number of carbonyl (C=O) groups excluding carboxylic acids is 1. The van der Waals surface area contributed by atoms with Gasteiger partial charge < -0.3 is 14.2 Å². The molecular formula is C19H27NO6S. The van der Waals surface area contributed by atoms with Gasteiger partial charge >= 0.3 is 5.97 Å². The molecule has 1 aromatic rings. The molecule has 0 atom stereocenters. The second-order valence-electron chi connectivity index (χ2n) is 6.84. The minimum Gasteiger partial charge on any atom is -0.490 e. The Morgan fingerprint density at radius 1 is 1.04 bits per heavy atom. The second kappa shape index (κ2) is 9.52. The van der Waals surface area contributed by atoms with Crippen LogP contribution < -0.4 is 4.74 Å². The van der Waals surface area contributed by atoms with Gasteiger partial charge in [-0.25, -0.2) is 8.42 Å². The fraction of sp³-hybridized carbons (Fsp3) is 0.632. The summed E-state index contributed by atoms with van der Waals surface area (Å²) in [5, 5.41) is 0. The number of morpholine rings is 1. The van der Waals surface area contributed by atoms with Crippen molar-refractivity contribution in [3.63, 3.8) is 0 Å². The van der Waals surface area contributed by atoms with E-state index < -0.39 is 10.0 Å². The summed E-state index contributed by atoms with van der Waals surface area (Å²) < 4.78 is 42.6. The van der Waals surface area contributed by atoms with E-state index in [1.807, 2.05) is 0 Å². The lowest BCUT2D eigenvalue weighted by Crippen LogP contribution is -2.40. The molecule has 0 N–H and O–H groups in total. The highest BCUT2D eigenvalue weighted by Gasteiger charge is 2.26. The molecule has 2 aliphatic rings. The summed E-state index contributed by atoms with van der Waals surface area (Å²) in [4.78, 5) is 12.2. The second-order valence-corrected chi connectivity index (χ2v) is 8.78. The Morgan fingerprint density at radius 3 is 2.37 bits per heavy atom. The van der Waals surface area contributed by atoms with Crippen LogP contribution >= 0.6 is 0 Å². The molecule has 0 amide bonds. The van der Waals surface area contributed by atoms with Crippen molar-refractivity contribution in [2.75, 3.05) is 39.5 Å². The molecule has 0 bridgehead atoms. The summed E-state index contributed by atoms with van der Waals surface area (Å²) in [7, 11) is -3.50. The van der Waals surface area contributed by atoms with E-state index in [1.165, 1.54) is 22.9 Å². The quantitative estimate of drug-likeness (QED) is 0.518. The lowest BCUT2D eigenvalue weighted by atomic mass is 9.89. The molecule has 8 heteroatoms. The summed E-state index contributed by atoms with van der Waals surface area (Å²) in [6.45, 7) is 2.01. The number of hydrogen-bond acceptors (Lipinski definition) is 6. The Bertz CT molecular complexity index is 706. The molecule has 1 heterocycles. The fourth-order valence-corrected chi connectivity index (χ4v) is 4.81. The van der Waals surface area contributed by atoms with Gasteiger partial charge in [0.2, 0.25) is 10.0 Å². The molecule has 0 aromatic heterocycles. The van der Waals surface area contributed by atoms with Crippen molar-refractivity contribution in [1.29, 1.82) is 0 Å². The highest BCUT2D eigenvalue weighted by Crippen LogP contribution is 2.24. The van der Waals surface area contributed by atoms with Crippen LogP contribution in [-0.4, -0.2) is 58.2 Å². The third kappa shape index (κ3) is 5.43. The van der Waals surface area contributed by atoms with Crippen LogP contribution in [0.4, 0.5) is 0 Å². The van der Waals surface area contributed by atoms with Crippen molar-refractivity contribution in [1.82, 2.24) is 4.31 Å². The first-order chi connectivity index (χ1) is 13.1. The van der Waals surface area contributed by atoms with E-state index in [-0.39, 0.29) is 30.0 Å². The van der Waals surface area contributed by atoms with Crippen molar-refractivity contribution < 1.29 is 27.4 Å². The smallest absolute Gasteiger partial charge is 0.309 e. The summed E-state index contributed by atoms with van der Waals surface area (Å²) in [5.74, 6) is 0.443. The third-order valence-corrected chi connectivity index (χ3v) is 6.88. The van der Waals surface area contributed by atoms with Crippen LogP contribution in [0.3, 0.4) is 0 Å². The third-order valence-electron chi connectivity index (χ3n) is 4.97. The van der Waals surface area contributed by atoms with Gasteiger partial charge in [0.25, 0.3) is 0 Å². The Labute approximate surface area is 160 Å². The summed E-state index contributed by atoms with van der Waals surface area (Å²) in [6.07, 6.45) is 5.22. The molecule has 1 saturated carbocycles. The number of hydrogen-bond donors (Lipinski definition) is 0. The van der Waals surface area contributed by atoms with Gasteiger partial charge in [0, 0.05) is 13.1 Å². The molecule has 0 radical (unpaired) electrons. The van der Waals surface area contributed by atoms with Crippen molar-refractivity contribution >= 4 is 16.0 Å². The molecule has 0 unspecified atom stereocenters. The average Bonchev–Trinajstić information content (AvgIpc) is 2.72. The zero-order valence-corrected chi connectivity index (χ0v) is 16.3. The molecule has 1 aliphatic heterocycles. The maximum absolute atomic E-state index is 12.6. The molecule has 1 saturated heterocycles. The minimum atomic E-state index is -3.50. The van der Waals surface area contributed by atoms with Crippen LogP contribution in [0.2, 0.25) is 0 Å². The largest absolute Gasteiger partial charge is 0.490 e. The van der Waals surface area contributed by atoms with E-state index in [2.05, 4.69) is 0 Å². The van der Waals surface area contributed by atoms with Gasteiger partial charge in [-0.15, -0.1) is 0 Å². The standard InChI is InChI=1S/C19H27NO6S/c21-19(16-4-2-1-3-5-16)26-15-14-25-17-6-8-18(9-7-17)27(22,23)20-10-12-24-13-11-20/h6-9,16H,1-5,10-15H2. The number of carbonyl (C=O) groups is 1. The summed E-state index contributed by atoms with van der Waals surface area (Å²) in [6, 6.07) is 6.31. The number of esters is 1. The van der Waals surface area contributed by atoms with Gasteiger partial charge in [-0.1, -0.05) is 19.3 Å². The number of rotatable bonds is 7. The zero-order chi connectivity index (χ0) is 19.1. The normalized spacial score (nSPS) is 19.6. The molecule has 0 spiro atoms. The predicted octanol–water partition coefficient (Wildman–Crippen LogP) is 2.21. The van der Waals surface area contributed by atoms with Gasteiger partial charge in [-0.3, -0.25) is 4.79 Å². The average molecular weight is 397 g/mol. The van der Waals surface area contributed by atoms with Gasteiger partial charge in [-0.2, -0.15) is 4.31 Å². The number of nitrogens with zero attached hydrogens (tertiary/aromatic N) is 1. The van der Waals surface area contributed by atoms with Crippen molar-refractivity contribution in [3.05, 3.63) is 24.3 Å². The van der Waals surface area contributed by atoms with Crippen LogP contribution in [0.15, 0.2) is 29.2 Å². The van der Waals surface area contributed by atoms with Crippen molar-refractivity contribution in [3.8, 4) is 5.75 Å². The van der Waals surface area contributed by atoms with Crippen LogP contribution in [0.25, 0.3) is 0 Å². The van der Waals surface area contributed by atoms with E-state index in [9.17, 15) is 13.2 Å². The van der Waals surface area contributed by atoms with E-state index >= 15 is 0 Å². The van der Waals surface area contributed by atoms with Gasteiger partial charge in [0.05, 0.1) is 24.0 Å². The maximum Gasteiger partial charge on any atom is 0.309 e. The van der Waals surface area contributed by atoms with Crippen LogP contribution in [0.1, 0.15) is 32.1 Å². The first-order valence-corrected chi connectivity index (χ1v) is 11.0. The first-order valence-electron chi connectivity index (χ1n) is 9.55. The first kappa shape index (κ1) is 20.1. The van der Waals surface area contributed by atoms with Crippen LogP contribution in [0.5, 0.6) is 5.75 Å².